The summed E-state index contributed by atoms with van der Waals surface area (Å²) in [5, 5.41) is 11.6. The van der Waals surface area contributed by atoms with Crippen LogP contribution in [0.15, 0.2) is 55.7 Å². The lowest BCUT2D eigenvalue weighted by Gasteiger charge is -2.09. The summed E-state index contributed by atoms with van der Waals surface area (Å²) in [5.74, 6) is 0.779. The molecule has 100 valence electrons. The summed E-state index contributed by atoms with van der Waals surface area (Å²) in [4.78, 5) is 4.29. The summed E-state index contributed by atoms with van der Waals surface area (Å²) in [6, 6.07) is 8.19. The van der Waals surface area contributed by atoms with Crippen molar-refractivity contribution >= 4 is 27.5 Å². The summed E-state index contributed by atoms with van der Waals surface area (Å²) in [5.41, 5.74) is 2.13. The molecular weight excluding hydrogens is 304 g/mol. The Labute approximate surface area is 121 Å². The Balaban J connectivity index is 1.88. The van der Waals surface area contributed by atoms with E-state index >= 15 is 0 Å². The molecule has 1 aromatic rings. The van der Waals surface area contributed by atoms with Gasteiger partial charge in [-0.2, -0.15) is 0 Å². The number of azo groups is 1. The lowest BCUT2D eigenvalue weighted by atomic mass is 10.1. The highest BCUT2D eigenvalue weighted by Crippen LogP contribution is 2.20. The van der Waals surface area contributed by atoms with E-state index in [0.717, 1.165) is 28.8 Å². The average molecular weight is 321 g/mol. The first-order chi connectivity index (χ1) is 9.17. The molecule has 0 fully saturated rings. The van der Waals surface area contributed by atoms with Gasteiger partial charge in [-0.1, -0.05) is 15.9 Å². The quantitative estimate of drug-likeness (QED) is 0.830. The predicted molar refractivity (Wildman–Crippen MR) is 81.9 cm³/mol. The summed E-state index contributed by atoms with van der Waals surface area (Å²) < 4.78 is 1.04. The summed E-state index contributed by atoms with van der Waals surface area (Å²) in [7, 11) is 1.97. The van der Waals surface area contributed by atoms with Gasteiger partial charge in [-0.05, 0) is 50.2 Å². The molecule has 2 rings (SSSR count). The van der Waals surface area contributed by atoms with Crippen LogP contribution in [0.25, 0.3) is 0 Å². The number of amidine groups is 1. The molecule has 0 aliphatic carbocycles. The molecule has 0 saturated carbocycles. The van der Waals surface area contributed by atoms with Crippen molar-refractivity contribution in [2.45, 2.75) is 25.8 Å². The van der Waals surface area contributed by atoms with Crippen LogP contribution in [0.4, 0.5) is 5.69 Å². The van der Waals surface area contributed by atoms with E-state index < -0.39 is 0 Å². The smallest absolute Gasteiger partial charge is 0.154 e. The van der Waals surface area contributed by atoms with Gasteiger partial charge in [0.2, 0.25) is 0 Å². The zero-order chi connectivity index (χ0) is 13.7. The maximum absolute atomic E-state index is 4.29. The monoisotopic (exact) mass is 320 g/mol. The van der Waals surface area contributed by atoms with Crippen LogP contribution in [0, 0.1) is 0 Å². The van der Waals surface area contributed by atoms with Crippen molar-refractivity contribution in [2.24, 2.45) is 15.2 Å². The summed E-state index contributed by atoms with van der Waals surface area (Å²) >= 11 is 3.39. The third-order valence-corrected chi connectivity index (χ3v) is 3.48. The van der Waals surface area contributed by atoms with Gasteiger partial charge in [0.1, 0.15) is 0 Å². The van der Waals surface area contributed by atoms with Gasteiger partial charge in [0.15, 0.2) is 5.84 Å². The molecule has 1 aliphatic rings. The minimum Gasteiger partial charge on any atom is -0.317 e. The van der Waals surface area contributed by atoms with Crippen molar-refractivity contribution in [3.8, 4) is 0 Å². The fraction of sp³-hybridized carbons (Fsp3) is 0.357. The molecule has 0 bridgehead atoms. The minimum absolute atomic E-state index is 0.462. The molecule has 1 aromatic carbocycles. The lowest BCUT2D eigenvalue weighted by molar-refractivity contribution is 0.603. The lowest BCUT2D eigenvalue weighted by Crippen LogP contribution is -2.21. The summed E-state index contributed by atoms with van der Waals surface area (Å²) in [6.45, 7) is 2.15. The number of halogens is 1. The van der Waals surface area contributed by atoms with E-state index in [0.29, 0.717) is 6.04 Å². The number of hydrogen-bond acceptors (Lipinski definition) is 4. The molecule has 1 N–H and O–H groups in total. The Hall–Kier alpha value is -1.33. The Kier molecular flexibility index (Phi) is 4.99. The van der Waals surface area contributed by atoms with Crippen molar-refractivity contribution in [3.05, 3.63) is 40.5 Å². The number of benzene rings is 1. The zero-order valence-corrected chi connectivity index (χ0v) is 12.7. The van der Waals surface area contributed by atoms with E-state index in [2.05, 4.69) is 43.4 Å². The number of aliphatic imine (C=N–C) groups is 1. The molecule has 1 heterocycles. The topological polar surface area (TPSA) is 49.1 Å². The molecule has 0 aromatic heterocycles. The van der Waals surface area contributed by atoms with Crippen LogP contribution in [0.5, 0.6) is 0 Å². The molecule has 0 amide bonds. The number of hydrogen-bond donors (Lipinski definition) is 1. The van der Waals surface area contributed by atoms with Crippen molar-refractivity contribution < 1.29 is 0 Å². The van der Waals surface area contributed by atoms with E-state index in [9.17, 15) is 0 Å². The second kappa shape index (κ2) is 6.73. The second-order valence-corrected chi connectivity index (χ2v) is 5.50. The van der Waals surface area contributed by atoms with Gasteiger partial charge in [-0.25, -0.2) is 4.99 Å². The van der Waals surface area contributed by atoms with Crippen molar-refractivity contribution in [3.63, 3.8) is 0 Å². The molecule has 0 saturated heterocycles. The van der Waals surface area contributed by atoms with E-state index in [4.69, 9.17) is 0 Å². The van der Waals surface area contributed by atoms with Gasteiger partial charge >= 0.3 is 0 Å². The standard InChI is InChI=1S/C14H17BrN4/c1-10(16-2)7-11-8-14(17-9-11)19-18-13-5-3-12(15)4-6-13/h3-6,9-10,16H,7-8H2,1-2H3. The third kappa shape index (κ3) is 4.36. The fourth-order valence-corrected chi connectivity index (χ4v) is 2.03. The minimum atomic E-state index is 0.462. The highest BCUT2D eigenvalue weighted by atomic mass is 79.9. The van der Waals surface area contributed by atoms with Gasteiger partial charge in [-0.3, -0.25) is 0 Å². The Morgan fingerprint density at radius 2 is 2.05 bits per heavy atom. The molecule has 1 atom stereocenters. The third-order valence-electron chi connectivity index (χ3n) is 2.95. The van der Waals surface area contributed by atoms with Gasteiger partial charge in [0.05, 0.1) is 5.69 Å². The highest BCUT2D eigenvalue weighted by Gasteiger charge is 2.12. The van der Waals surface area contributed by atoms with Gasteiger partial charge in [0, 0.05) is 23.1 Å². The van der Waals surface area contributed by atoms with Crippen molar-refractivity contribution in [1.82, 2.24) is 5.32 Å². The van der Waals surface area contributed by atoms with Gasteiger partial charge < -0.3 is 5.32 Å². The number of nitrogens with one attached hydrogen (secondary N) is 1. The maximum atomic E-state index is 4.29. The zero-order valence-electron chi connectivity index (χ0n) is 11.1. The molecule has 1 unspecified atom stereocenters. The van der Waals surface area contributed by atoms with E-state index in [-0.39, 0.29) is 0 Å². The SMILES string of the molecule is CNC(C)CC1=CN=C(N=Nc2ccc(Br)cc2)C1. The molecular formula is C14H17BrN4. The van der Waals surface area contributed by atoms with Gasteiger partial charge in [-0.15, -0.1) is 10.2 Å². The van der Waals surface area contributed by atoms with Crippen LogP contribution in [0.1, 0.15) is 19.8 Å². The van der Waals surface area contributed by atoms with Crippen LogP contribution >= 0.6 is 15.9 Å². The van der Waals surface area contributed by atoms with Crippen LogP contribution in [-0.4, -0.2) is 18.9 Å². The highest BCUT2D eigenvalue weighted by molar-refractivity contribution is 9.10. The molecule has 4 nitrogen and oxygen atoms in total. The first-order valence-corrected chi connectivity index (χ1v) is 7.06. The normalized spacial score (nSPS) is 16.6. The Bertz CT molecular complexity index is 517. The van der Waals surface area contributed by atoms with E-state index in [1.165, 1.54) is 5.57 Å². The largest absolute Gasteiger partial charge is 0.317 e. The van der Waals surface area contributed by atoms with Crippen molar-refractivity contribution in [1.29, 1.82) is 0 Å². The molecule has 1 aliphatic heterocycles. The van der Waals surface area contributed by atoms with Gasteiger partial charge in [0.25, 0.3) is 0 Å². The molecule has 5 heteroatoms. The van der Waals surface area contributed by atoms with E-state index in [1.807, 2.05) is 37.5 Å². The average Bonchev–Trinajstić information content (AvgIpc) is 2.85. The van der Waals surface area contributed by atoms with Crippen LogP contribution < -0.4 is 5.32 Å². The van der Waals surface area contributed by atoms with Crippen LogP contribution in [0.2, 0.25) is 0 Å². The maximum Gasteiger partial charge on any atom is 0.154 e. The predicted octanol–water partition coefficient (Wildman–Crippen LogP) is 4.22. The first kappa shape index (κ1) is 14.1. The Morgan fingerprint density at radius 3 is 2.74 bits per heavy atom. The Morgan fingerprint density at radius 1 is 1.32 bits per heavy atom. The molecule has 0 spiro atoms. The van der Waals surface area contributed by atoms with Crippen LogP contribution in [-0.2, 0) is 0 Å². The fourth-order valence-electron chi connectivity index (χ4n) is 1.76. The molecule has 0 radical (unpaired) electrons. The number of rotatable bonds is 4. The molecule has 19 heavy (non-hydrogen) atoms. The second-order valence-electron chi connectivity index (χ2n) is 4.58. The summed E-state index contributed by atoms with van der Waals surface area (Å²) in [6.07, 6.45) is 3.70. The van der Waals surface area contributed by atoms with Crippen molar-refractivity contribution in [2.75, 3.05) is 7.05 Å². The van der Waals surface area contributed by atoms with Crippen LogP contribution in [0.3, 0.4) is 0 Å². The first-order valence-electron chi connectivity index (χ1n) is 6.26. The number of nitrogens with zero attached hydrogens (tertiary/aromatic N) is 3. The van der Waals surface area contributed by atoms with E-state index in [1.54, 1.807) is 0 Å².